The number of nitrogens with one attached hydrogen (secondary N) is 3. The van der Waals surface area contributed by atoms with Crippen LogP contribution in [0.4, 0.5) is 11.4 Å². The van der Waals surface area contributed by atoms with Gasteiger partial charge in [0.15, 0.2) is 5.96 Å². The van der Waals surface area contributed by atoms with E-state index in [-0.39, 0.29) is 35.6 Å². The Morgan fingerprint density at radius 2 is 1.75 bits per heavy atom. The first kappa shape index (κ1) is 25.9. The van der Waals surface area contributed by atoms with Gasteiger partial charge in [-0.05, 0) is 32.9 Å². The fourth-order valence-electron chi connectivity index (χ4n) is 2.43. The lowest BCUT2D eigenvalue weighted by Crippen LogP contribution is -2.40. The van der Waals surface area contributed by atoms with Crippen molar-refractivity contribution in [1.29, 1.82) is 0 Å². The van der Waals surface area contributed by atoms with Crippen LogP contribution in [-0.2, 0) is 4.79 Å². The number of benzene rings is 1. The molecule has 0 saturated heterocycles. The standard InChI is InChI=1S/C18H30N6O3.HI/c1-4-19-18(21-12-11-17(25)23(5-2)6-3)22-14-13-20-15-7-9-16(10-8-15)24(26)27;/h7-10,20H,4-6,11-14H2,1-3H3,(H2,19,21,22);1H. The summed E-state index contributed by atoms with van der Waals surface area (Å²) >= 11 is 0. The van der Waals surface area contributed by atoms with Gasteiger partial charge >= 0.3 is 0 Å². The van der Waals surface area contributed by atoms with Crippen molar-refractivity contribution in [2.24, 2.45) is 4.99 Å². The highest BCUT2D eigenvalue weighted by Gasteiger charge is 2.08. The van der Waals surface area contributed by atoms with Crippen molar-refractivity contribution < 1.29 is 9.72 Å². The van der Waals surface area contributed by atoms with E-state index >= 15 is 0 Å². The van der Waals surface area contributed by atoms with Crippen LogP contribution in [0.5, 0.6) is 0 Å². The highest BCUT2D eigenvalue weighted by molar-refractivity contribution is 14.0. The van der Waals surface area contributed by atoms with Gasteiger partial charge in [-0.3, -0.25) is 19.9 Å². The van der Waals surface area contributed by atoms with Gasteiger partial charge in [-0.2, -0.15) is 0 Å². The number of guanidine groups is 1. The van der Waals surface area contributed by atoms with E-state index < -0.39 is 4.92 Å². The molecule has 28 heavy (non-hydrogen) atoms. The van der Waals surface area contributed by atoms with Crippen LogP contribution < -0.4 is 16.0 Å². The molecular weight excluding hydrogens is 475 g/mol. The molecule has 9 nitrogen and oxygen atoms in total. The number of rotatable bonds is 11. The first-order valence-corrected chi connectivity index (χ1v) is 9.30. The normalized spacial score (nSPS) is 10.6. The van der Waals surface area contributed by atoms with Crippen molar-refractivity contribution in [3.8, 4) is 0 Å². The van der Waals surface area contributed by atoms with Crippen molar-refractivity contribution in [3.05, 3.63) is 34.4 Å². The third kappa shape index (κ3) is 9.72. The number of non-ortho nitro benzene ring substituents is 1. The van der Waals surface area contributed by atoms with Gasteiger partial charge < -0.3 is 20.9 Å². The molecule has 0 aromatic heterocycles. The van der Waals surface area contributed by atoms with E-state index in [2.05, 4.69) is 20.9 Å². The lowest BCUT2D eigenvalue weighted by Gasteiger charge is -2.18. The number of hydrogen-bond donors (Lipinski definition) is 3. The van der Waals surface area contributed by atoms with Crippen LogP contribution >= 0.6 is 24.0 Å². The molecule has 10 heteroatoms. The number of nitrogens with zero attached hydrogens (tertiary/aromatic N) is 3. The molecule has 0 spiro atoms. The van der Waals surface area contributed by atoms with Crippen LogP contribution in [-0.4, -0.2) is 61.0 Å². The van der Waals surface area contributed by atoms with Crippen LogP contribution in [0.15, 0.2) is 29.3 Å². The Morgan fingerprint density at radius 3 is 2.29 bits per heavy atom. The number of amides is 1. The molecule has 0 bridgehead atoms. The summed E-state index contributed by atoms with van der Waals surface area (Å²) in [6, 6.07) is 6.29. The van der Waals surface area contributed by atoms with Crippen molar-refractivity contribution in [3.63, 3.8) is 0 Å². The number of anilines is 1. The molecule has 0 saturated carbocycles. The Balaban J connectivity index is 0.00000729. The molecule has 0 aliphatic heterocycles. The Labute approximate surface area is 183 Å². The first-order valence-electron chi connectivity index (χ1n) is 9.30. The summed E-state index contributed by atoms with van der Waals surface area (Å²) in [5.41, 5.74) is 0.883. The molecule has 1 amide bonds. The molecule has 3 N–H and O–H groups in total. The van der Waals surface area contributed by atoms with E-state index in [4.69, 9.17) is 0 Å². The number of nitro groups is 1. The average Bonchev–Trinajstić information content (AvgIpc) is 2.66. The molecule has 0 aliphatic rings. The maximum Gasteiger partial charge on any atom is 0.269 e. The van der Waals surface area contributed by atoms with Crippen molar-refractivity contribution in [2.45, 2.75) is 27.2 Å². The Morgan fingerprint density at radius 1 is 1.11 bits per heavy atom. The van der Waals surface area contributed by atoms with Gasteiger partial charge in [0.05, 0.1) is 11.5 Å². The van der Waals surface area contributed by atoms with E-state index in [1.54, 1.807) is 17.0 Å². The first-order chi connectivity index (χ1) is 13.0. The quantitative estimate of drug-likeness (QED) is 0.106. The molecule has 1 aromatic rings. The molecule has 0 radical (unpaired) electrons. The topological polar surface area (TPSA) is 112 Å². The Kier molecular flexibility index (Phi) is 13.8. The Bertz CT molecular complexity index is 620. The maximum atomic E-state index is 12.0. The number of carbonyl (C=O) groups is 1. The molecule has 0 aliphatic carbocycles. The van der Waals surface area contributed by atoms with Crippen LogP contribution in [0, 0.1) is 10.1 Å². The predicted octanol–water partition coefficient (Wildman–Crippen LogP) is 2.44. The highest BCUT2D eigenvalue weighted by Crippen LogP contribution is 2.14. The fraction of sp³-hybridized carbons (Fsp3) is 0.556. The largest absolute Gasteiger partial charge is 0.383 e. The van der Waals surface area contributed by atoms with Gasteiger partial charge in [-0.1, -0.05) is 0 Å². The molecule has 158 valence electrons. The minimum Gasteiger partial charge on any atom is -0.383 e. The maximum absolute atomic E-state index is 12.0. The van der Waals surface area contributed by atoms with Gasteiger partial charge in [-0.25, -0.2) is 0 Å². The van der Waals surface area contributed by atoms with Gasteiger partial charge in [-0.15, -0.1) is 24.0 Å². The summed E-state index contributed by atoms with van der Waals surface area (Å²) < 4.78 is 0. The van der Waals surface area contributed by atoms with E-state index in [1.165, 1.54) is 12.1 Å². The molecule has 0 unspecified atom stereocenters. The van der Waals surface area contributed by atoms with Crippen molar-refractivity contribution >= 4 is 47.2 Å². The molecule has 1 rings (SSSR count). The summed E-state index contributed by atoms with van der Waals surface area (Å²) in [7, 11) is 0. The molecule has 1 aromatic carbocycles. The summed E-state index contributed by atoms with van der Waals surface area (Å²) in [6.45, 7) is 9.74. The number of nitro benzene ring substituents is 1. The SMILES string of the molecule is CCNC(=NCCC(=O)N(CC)CC)NCCNc1ccc([N+](=O)[O-])cc1.I. The molecular formula is C18H31IN6O3. The second kappa shape index (κ2) is 14.9. The summed E-state index contributed by atoms with van der Waals surface area (Å²) in [4.78, 5) is 28.4. The van der Waals surface area contributed by atoms with E-state index in [9.17, 15) is 14.9 Å². The second-order valence-corrected chi connectivity index (χ2v) is 5.73. The summed E-state index contributed by atoms with van der Waals surface area (Å²) in [6.07, 6.45) is 0.388. The van der Waals surface area contributed by atoms with Gasteiger partial charge in [0, 0.05) is 57.0 Å². The minimum absolute atomic E-state index is 0. The predicted molar refractivity (Wildman–Crippen MR) is 124 cm³/mol. The second-order valence-electron chi connectivity index (χ2n) is 5.73. The van der Waals surface area contributed by atoms with Crippen LogP contribution in [0.25, 0.3) is 0 Å². The lowest BCUT2D eigenvalue weighted by molar-refractivity contribution is -0.384. The zero-order chi connectivity index (χ0) is 20.1. The monoisotopic (exact) mass is 506 g/mol. The van der Waals surface area contributed by atoms with Crippen LogP contribution in [0.2, 0.25) is 0 Å². The van der Waals surface area contributed by atoms with Crippen LogP contribution in [0.3, 0.4) is 0 Å². The average molecular weight is 506 g/mol. The zero-order valence-electron chi connectivity index (χ0n) is 16.7. The van der Waals surface area contributed by atoms with Gasteiger partial charge in [0.25, 0.3) is 5.69 Å². The van der Waals surface area contributed by atoms with Gasteiger partial charge in [0.1, 0.15) is 0 Å². The molecule has 0 fully saturated rings. The number of hydrogen-bond acceptors (Lipinski definition) is 5. The molecule has 0 atom stereocenters. The number of carbonyl (C=O) groups excluding carboxylic acids is 1. The zero-order valence-corrected chi connectivity index (χ0v) is 19.1. The summed E-state index contributed by atoms with van der Waals surface area (Å²) in [5, 5.41) is 20.2. The van der Waals surface area contributed by atoms with E-state index in [0.29, 0.717) is 45.1 Å². The smallest absolute Gasteiger partial charge is 0.269 e. The van der Waals surface area contributed by atoms with Crippen molar-refractivity contribution in [2.75, 3.05) is 44.6 Å². The minimum atomic E-state index is -0.421. The number of halogens is 1. The fourth-order valence-corrected chi connectivity index (χ4v) is 2.43. The summed E-state index contributed by atoms with van der Waals surface area (Å²) in [5.74, 6) is 0.773. The van der Waals surface area contributed by atoms with E-state index in [0.717, 1.165) is 12.2 Å². The highest BCUT2D eigenvalue weighted by atomic mass is 127. The van der Waals surface area contributed by atoms with Gasteiger partial charge in [0.2, 0.25) is 5.91 Å². The Hall–Kier alpha value is -2.11. The van der Waals surface area contributed by atoms with E-state index in [1.807, 2.05) is 20.8 Å². The van der Waals surface area contributed by atoms with Crippen LogP contribution in [0.1, 0.15) is 27.2 Å². The third-order valence-electron chi connectivity index (χ3n) is 3.88. The lowest BCUT2D eigenvalue weighted by atomic mass is 10.3. The third-order valence-corrected chi connectivity index (χ3v) is 3.88. The molecule has 0 heterocycles. The number of aliphatic imine (C=N–C) groups is 1. The van der Waals surface area contributed by atoms with Crippen molar-refractivity contribution in [1.82, 2.24) is 15.5 Å².